The minimum atomic E-state index is -0.878. The third-order valence-electron chi connectivity index (χ3n) is 3.58. The van der Waals surface area contributed by atoms with Crippen molar-refractivity contribution in [3.63, 3.8) is 0 Å². The SMILES string of the molecule is CN(CCCC(C)(N)C(N)=O)C1CCOCC1. The molecule has 0 aromatic rings. The average molecular weight is 243 g/mol. The van der Waals surface area contributed by atoms with Crippen LogP contribution in [0.1, 0.15) is 32.6 Å². The summed E-state index contributed by atoms with van der Waals surface area (Å²) in [4.78, 5) is 13.4. The summed E-state index contributed by atoms with van der Waals surface area (Å²) in [6, 6.07) is 0.598. The molecule has 1 aliphatic rings. The van der Waals surface area contributed by atoms with Crippen molar-refractivity contribution in [1.82, 2.24) is 4.90 Å². The quantitative estimate of drug-likeness (QED) is 0.692. The van der Waals surface area contributed by atoms with Gasteiger partial charge in [0.25, 0.3) is 0 Å². The number of hydrogen-bond donors (Lipinski definition) is 2. The van der Waals surface area contributed by atoms with E-state index in [1.165, 1.54) is 0 Å². The van der Waals surface area contributed by atoms with Gasteiger partial charge < -0.3 is 21.1 Å². The molecule has 0 aliphatic carbocycles. The van der Waals surface area contributed by atoms with Crippen LogP contribution in [0.4, 0.5) is 0 Å². The van der Waals surface area contributed by atoms with Crippen molar-refractivity contribution >= 4 is 5.91 Å². The number of hydrogen-bond acceptors (Lipinski definition) is 4. The first kappa shape index (κ1) is 14.4. The van der Waals surface area contributed by atoms with E-state index in [-0.39, 0.29) is 0 Å². The minimum Gasteiger partial charge on any atom is -0.381 e. The fourth-order valence-corrected chi connectivity index (χ4v) is 2.13. The van der Waals surface area contributed by atoms with Crippen LogP contribution in [0.15, 0.2) is 0 Å². The molecule has 0 saturated carbocycles. The molecule has 0 radical (unpaired) electrons. The first-order valence-electron chi connectivity index (χ1n) is 6.30. The highest BCUT2D eigenvalue weighted by Crippen LogP contribution is 2.15. The number of nitrogens with zero attached hydrogens (tertiary/aromatic N) is 1. The van der Waals surface area contributed by atoms with E-state index in [4.69, 9.17) is 16.2 Å². The first-order valence-corrected chi connectivity index (χ1v) is 6.30. The molecule has 1 amide bonds. The van der Waals surface area contributed by atoms with Gasteiger partial charge in [0.2, 0.25) is 5.91 Å². The second kappa shape index (κ2) is 6.33. The van der Waals surface area contributed by atoms with Crippen molar-refractivity contribution in [3.05, 3.63) is 0 Å². The fraction of sp³-hybridized carbons (Fsp3) is 0.917. The zero-order valence-corrected chi connectivity index (χ0v) is 10.9. The molecule has 0 aromatic heterocycles. The van der Waals surface area contributed by atoms with Gasteiger partial charge in [-0.25, -0.2) is 0 Å². The lowest BCUT2D eigenvalue weighted by Gasteiger charge is -2.31. The van der Waals surface area contributed by atoms with Crippen molar-refractivity contribution in [2.75, 3.05) is 26.8 Å². The number of amides is 1. The van der Waals surface area contributed by atoms with Gasteiger partial charge in [-0.2, -0.15) is 0 Å². The molecule has 0 bridgehead atoms. The third kappa shape index (κ3) is 4.61. The Morgan fingerprint density at radius 1 is 1.47 bits per heavy atom. The zero-order valence-electron chi connectivity index (χ0n) is 10.9. The van der Waals surface area contributed by atoms with Crippen LogP contribution in [0.25, 0.3) is 0 Å². The van der Waals surface area contributed by atoms with Crippen molar-refractivity contribution in [3.8, 4) is 0 Å². The molecule has 17 heavy (non-hydrogen) atoms. The highest BCUT2D eigenvalue weighted by molar-refractivity contribution is 5.83. The molecule has 1 saturated heterocycles. The second-order valence-electron chi connectivity index (χ2n) is 5.21. The van der Waals surface area contributed by atoms with E-state index in [0.717, 1.165) is 39.0 Å². The zero-order chi connectivity index (χ0) is 12.9. The maximum Gasteiger partial charge on any atom is 0.237 e. The Bertz CT molecular complexity index is 250. The van der Waals surface area contributed by atoms with Crippen LogP contribution in [-0.4, -0.2) is 49.2 Å². The first-order chi connectivity index (χ1) is 7.93. The van der Waals surface area contributed by atoms with Crippen LogP contribution in [0.2, 0.25) is 0 Å². The lowest BCUT2D eigenvalue weighted by molar-refractivity contribution is -0.122. The van der Waals surface area contributed by atoms with Crippen LogP contribution in [0.5, 0.6) is 0 Å². The van der Waals surface area contributed by atoms with Crippen LogP contribution < -0.4 is 11.5 Å². The summed E-state index contributed by atoms with van der Waals surface area (Å²) in [6.07, 6.45) is 3.71. The standard InChI is InChI=1S/C12H25N3O2/c1-12(14,11(13)16)6-3-7-15(2)10-4-8-17-9-5-10/h10H,3-9,14H2,1-2H3,(H2,13,16). The Kier molecular flexibility index (Phi) is 5.36. The van der Waals surface area contributed by atoms with Gasteiger partial charge in [0.1, 0.15) is 0 Å². The van der Waals surface area contributed by atoms with Crippen LogP contribution in [0, 0.1) is 0 Å². The molecule has 1 aliphatic heterocycles. The number of primary amides is 1. The largest absolute Gasteiger partial charge is 0.381 e. The van der Waals surface area contributed by atoms with Gasteiger partial charge in [-0.05, 0) is 46.2 Å². The van der Waals surface area contributed by atoms with Gasteiger partial charge in [-0.15, -0.1) is 0 Å². The molecule has 1 unspecified atom stereocenters. The van der Waals surface area contributed by atoms with Crippen molar-refractivity contribution < 1.29 is 9.53 Å². The topological polar surface area (TPSA) is 81.6 Å². The highest BCUT2D eigenvalue weighted by Gasteiger charge is 2.25. The molecule has 5 heteroatoms. The highest BCUT2D eigenvalue weighted by atomic mass is 16.5. The third-order valence-corrected chi connectivity index (χ3v) is 3.58. The van der Waals surface area contributed by atoms with Crippen molar-refractivity contribution in [1.29, 1.82) is 0 Å². The van der Waals surface area contributed by atoms with Crippen LogP contribution in [-0.2, 0) is 9.53 Å². The molecule has 0 spiro atoms. The Hall–Kier alpha value is -0.650. The van der Waals surface area contributed by atoms with Gasteiger partial charge in [-0.3, -0.25) is 4.79 Å². The summed E-state index contributed by atoms with van der Waals surface area (Å²) in [5.41, 5.74) is 10.2. The smallest absolute Gasteiger partial charge is 0.237 e. The number of rotatable bonds is 6. The summed E-state index contributed by atoms with van der Waals surface area (Å²) in [5, 5.41) is 0. The number of carbonyl (C=O) groups excluding carboxylic acids is 1. The molecule has 100 valence electrons. The van der Waals surface area contributed by atoms with E-state index in [1.807, 2.05) is 0 Å². The summed E-state index contributed by atoms with van der Waals surface area (Å²) in [7, 11) is 2.12. The van der Waals surface area contributed by atoms with Gasteiger partial charge in [0.15, 0.2) is 0 Å². The van der Waals surface area contributed by atoms with Crippen molar-refractivity contribution in [2.24, 2.45) is 11.5 Å². The molecule has 1 atom stereocenters. The molecule has 4 N–H and O–H groups in total. The number of nitrogens with two attached hydrogens (primary N) is 2. The van der Waals surface area contributed by atoms with E-state index >= 15 is 0 Å². The van der Waals surface area contributed by atoms with Gasteiger partial charge in [-0.1, -0.05) is 0 Å². The Balaban J connectivity index is 2.23. The van der Waals surface area contributed by atoms with E-state index in [1.54, 1.807) is 6.92 Å². The summed E-state index contributed by atoms with van der Waals surface area (Å²) < 4.78 is 5.33. The van der Waals surface area contributed by atoms with Gasteiger partial charge in [0.05, 0.1) is 5.54 Å². The Labute approximate surface area is 103 Å². The van der Waals surface area contributed by atoms with E-state index in [0.29, 0.717) is 12.5 Å². The normalized spacial score (nSPS) is 21.4. The molecular weight excluding hydrogens is 218 g/mol. The maximum atomic E-state index is 11.1. The van der Waals surface area contributed by atoms with Crippen LogP contribution >= 0.6 is 0 Å². The van der Waals surface area contributed by atoms with E-state index < -0.39 is 11.4 Å². The Morgan fingerprint density at radius 2 is 2.06 bits per heavy atom. The van der Waals surface area contributed by atoms with E-state index in [9.17, 15) is 4.79 Å². The second-order valence-corrected chi connectivity index (χ2v) is 5.21. The van der Waals surface area contributed by atoms with Crippen LogP contribution in [0.3, 0.4) is 0 Å². The predicted molar refractivity (Wildman–Crippen MR) is 67.5 cm³/mol. The lowest BCUT2D eigenvalue weighted by atomic mass is 9.96. The van der Waals surface area contributed by atoms with Gasteiger partial charge >= 0.3 is 0 Å². The molecule has 0 aromatic carbocycles. The summed E-state index contributed by atoms with van der Waals surface area (Å²) in [6.45, 7) is 4.35. The lowest BCUT2D eigenvalue weighted by Crippen LogP contribution is -2.49. The monoisotopic (exact) mass is 243 g/mol. The number of carbonyl (C=O) groups is 1. The molecule has 1 rings (SSSR count). The summed E-state index contributed by atoms with van der Waals surface area (Å²) in [5.74, 6) is -0.425. The Morgan fingerprint density at radius 3 is 2.59 bits per heavy atom. The minimum absolute atomic E-state index is 0.425. The average Bonchev–Trinajstić information content (AvgIpc) is 2.29. The molecular formula is C12H25N3O2. The summed E-state index contributed by atoms with van der Waals surface area (Å²) >= 11 is 0. The van der Waals surface area contributed by atoms with Crippen molar-refractivity contribution in [2.45, 2.75) is 44.2 Å². The van der Waals surface area contributed by atoms with E-state index in [2.05, 4.69) is 11.9 Å². The van der Waals surface area contributed by atoms with Gasteiger partial charge in [0, 0.05) is 19.3 Å². The molecule has 1 heterocycles. The molecule has 5 nitrogen and oxygen atoms in total. The molecule has 1 fully saturated rings. The predicted octanol–water partition coefficient (Wildman–Crippen LogP) is 0.0801. The maximum absolute atomic E-state index is 11.1. The fourth-order valence-electron chi connectivity index (χ4n) is 2.13. The number of ether oxygens (including phenoxy) is 1.